The van der Waals surface area contributed by atoms with Crippen LogP contribution in [-0.4, -0.2) is 35.3 Å². The van der Waals surface area contributed by atoms with E-state index in [9.17, 15) is 14.4 Å². The fraction of sp³-hybridized carbons (Fsp3) is 0.286. The SMILES string of the molecule is CCOc1ccc(NC(=O)[C@H]2CCC(=O)N2[C@@H]2OC(=O)c3ccccc32)cc1. The molecule has 2 aromatic rings. The Morgan fingerprint density at radius 1 is 1.18 bits per heavy atom. The summed E-state index contributed by atoms with van der Waals surface area (Å²) in [7, 11) is 0. The molecule has 2 aliphatic rings. The van der Waals surface area contributed by atoms with Crippen LogP contribution in [0.25, 0.3) is 0 Å². The van der Waals surface area contributed by atoms with E-state index < -0.39 is 18.2 Å². The Bertz CT molecular complexity index is 925. The summed E-state index contributed by atoms with van der Waals surface area (Å²) in [5.74, 6) is -0.282. The van der Waals surface area contributed by atoms with E-state index in [1.54, 1.807) is 48.5 Å². The summed E-state index contributed by atoms with van der Waals surface area (Å²) in [5.41, 5.74) is 1.65. The highest BCUT2D eigenvalue weighted by Crippen LogP contribution is 2.38. The van der Waals surface area contributed by atoms with Crippen LogP contribution in [0.5, 0.6) is 5.75 Å². The van der Waals surface area contributed by atoms with Crippen LogP contribution in [0.3, 0.4) is 0 Å². The van der Waals surface area contributed by atoms with Gasteiger partial charge >= 0.3 is 5.97 Å². The third-order valence-corrected chi connectivity index (χ3v) is 4.91. The van der Waals surface area contributed by atoms with Gasteiger partial charge in [-0.3, -0.25) is 14.5 Å². The van der Waals surface area contributed by atoms with Gasteiger partial charge in [-0.1, -0.05) is 18.2 Å². The van der Waals surface area contributed by atoms with Crippen molar-refractivity contribution in [3.05, 3.63) is 59.7 Å². The molecule has 144 valence electrons. The zero-order valence-corrected chi connectivity index (χ0v) is 15.4. The number of nitrogens with zero attached hydrogens (tertiary/aromatic N) is 1. The molecule has 0 radical (unpaired) electrons. The van der Waals surface area contributed by atoms with Crippen molar-refractivity contribution in [3.63, 3.8) is 0 Å². The lowest BCUT2D eigenvalue weighted by atomic mass is 10.1. The van der Waals surface area contributed by atoms with Crippen LogP contribution in [0.4, 0.5) is 5.69 Å². The summed E-state index contributed by atoms with van der Waals surface area (Å²) in [6.07, 6.45) is -0.259. The monoisotopic (exact) mass is 380 g/mol. The molecule has 0 spiro atoms. The molecule has 1 fully saturated rings. The quantitative estimate of drug-likeness (QED) is 0.807. The lowest BCUT2D eigenvalue weighted by Gasteiger charge is -2.29. The van der Waals surface area contributed by atoms with Crippen LogP contribution in [0.15, 0.2) is 48.5 Å². The second-order valence-corrected chi connectivity index (χ2v) is 6.65. The topological polar surface area (TPSA) is 84.9 Å². The normalized spacial score (nSPS) is 20.7. The third-order valence-electron chi connectivity index (χ3n) is 4.91. The maximum atomic E-state index is 12.9. The van der Waals surface area contributed by atoms with Crippen LogP contribution in [0.2, 0.25) is 0 Å². The molecule has 1 saturated heterocycles. The smallest absolute Gasteiger partial charge is 0.340 e. The Morgan fingerprint density at radius 3 is 2.68 bits per heavy atom. The van der Waals surface area contributed by atoms with Gasteiger partial charge in [-0.2, -0.15) is 0 Å². The van der Waals surface area contributed by atoms with E-state index in [4.69, 9.17) is 9.47 Å². The molecule has 2 atom stereocenters. The minimum atomic E-state index is -0.866. The van der Waals surface area contributed by atoms with Crippen molar-refractivity contribution in [1.29, 1.82) is 0 Å². The minimum absolute atomic E-state index is 0.207. The lowest BCUT2D eigenvalue weighted by molar-refractivity contribution is -0.144. The van der Waals surface area contributed by atoms with Gasteiger partial charge in [-0.15, -0.1) is 0 Å². The number of esters is 1. The number of hydrogen-bond acceptors (Lipinski definition) is 5. The first-order valence-electron chi connectivity index (χ1n) is 9.23. The number of carbonyl (C=O) groups excluding carboxylic acids is 3. The number of carbonyl (C=O) groups is 3. The van der Waals surface area contributed by atoms with E-state index in [2.05, 4.69) is 5.32 Å². The summed E-state index contributed by atoms with van der Waals surface area (Å²) >= 11 is 0. The van der Waals surface area contributed by atoms with Crippen molar-refractivity contribution in [2.45, 2.75) is 32.0 Å². The van der Waals surface area contributed by atoms with Gasteiger partial charge in [-0.05, 0) is 43.7 Å². The number of rotatable bonds is 5. The number of cyclic esters (lactones) is 1. The second kappa shape index (κ2) is 7.34. The molecular weight excluding hydrogens is 360 g/mol. The van der Waals surface area contributed by atoms with Crippen LogP contribution in [0, 0.1) is 0 Å². The van der Waals surface area contributed by atoms with Crippen LogP contribution in [-0.2, 0) is 14.3 Å². The van der Waals surface area contributed by atoms with Crippen molar-refractivity contribution in [2.75, 3.05) is 11.9 Å². The molecule has 0 unspecified atom stereocenters. The number of likely N-dealkylation sites (tertiary alicyclic amines) is 1. The lowest BCUT2D eigenvalue weighted by Crippen LogP contribution is -2.43. The Morgan fingerprint density at radius 2 is 1.93 bits per heavy atom. The van der Waals surface area contributed by atoms with Crippen molar-refractivity contribution in [1.82, 2.24) is 4.90 Å². The Hall–Kier alpha value is -3.35. The molecule has 0 bridgehead atoms. The van der Waals surface area contributed by atoms with Crippen LogP contribution < -0.4 is 10.1 Å². The molecule has 2 heterocycles. The Balaban J connectivity index is 1.53. The molecular formula is C21H20N2O5. The van der Waals surface area contributed by atoms with Crippen molar-refractivity contribution in [2.24, 2.45) is 0 Å². The van der Waals surface area contributed by atoms with Gasteiger partial charge in [-0.25, -0.2) is 4.79 Å². The predicted molar refractivity (Wildman–Crippen MR) is 101 cm³/mol. The number of anilines is 1. The number of nitrogens with one attached hydrogen (secondary N) is 1. The van der Waals surface area contributed by atoms with Crippen molar-refractivity contribution in [3.8, 4) is 5.75 Å². The average Bonchev–Trinajstić information content (AvgIpc) is 3.24. The van der Waals surface area contributed by atoms with Gasteiger partial charge in [0.1, 0.15) is 11.8 Å². The summed E-state index contributed by atoms with van der Waals surface area (Å²) in [4.78, 5) is 38.9. The van der Waals surface area contributed by atoms with E-state index in [1.165, 1.54) is 4.90 Å². The van der Waals surface area contributed by atoms with E-state index in [0.29, 0.717) is 35.6 Å². The molecule has 2 aliphatic heterocycles. The highest BCUT2D eigenvalue weighted by atomic mass is 16.6. The first-order chi connectivity index (χ1) is 13.6. The zero-order chi connectivity index (χ0) is 19.7. The number of hydrogen-bond donors (Lipinski definition) is 1. The van der Waals surface area contributed by atoms with E-state index >= 15 is 0 Å². The van der Waals surface area contributed by atoms with Crippen molar-refractivity contribution < 1.29 is 23.9 Å². The summed E-state index contributed by atoms with van der Waals surface area (Å²) in [5, 5.41) is 2.83. The highest BCUT2D eigenvalue weighted by Gasteiger charge is 2.46. The molecule has 1 N–H and O–H groups in total. The fourth-order valence-electron chi connectivity index (χ4n) is 3.61. The maximum absolute atomic E-state index is 12.9. The van der Waals surface area contributed by atoms with E-state index in [1.807, 2.05) is 6.92 Å². The first kappa shape index (κ1) is 18.0. The number of amides is 2. The molecule has 0 saturated carbocycles. The Labute approximate surface area is 162 Å². The first-order valence-corrected chi connectivity index (χ1v) is 9.23. The molecule has 0 aliphatic carbocycles. The predicted octanol–water partition coefficient (Wildman–Crippen LogP) is 2.88. The summed E-state index contributed by atoms with van der Waals surface area (Å²) in [6, 6.07) is 13.3. The van der Waals surface area contributed by atoms with E-state index in [0.717, 1.165) is 0 Å². The van der Waals surface area contributed by atoms with Gasteiger partial charge in [0.15, 0.2) is 0 Å². The fourth-order valence-corrected chi connectivity index (χ4v) is 3.61. The average molecular weight is 380 g/mol. The van der Waals surface area contributed by atoms with Crippen LogP contribution in [0.1, 0.15) is 41.9 Å². The molecule has 0 aromatic heterocycles. The van der Waals surface area contributed by atoms with Crippen molar-refractivity contribution >= 4 is 23.5 Å². The van der Waals surface area contributed by atoms with Gasteiger partial charge < -0.3 is 14.8 Å². The van der Waals surface area contributed by atoms with E-state index in [-0.39, 0.29) is 18.2 Å². The molecule has 2 amide bonds. The second-order valence-electron chi connectivity index (χ2n) is 6.65. The highest BCUT2D eigenvalue weighted by molar-refractivity contribution is 6.00. The number of fused-ring (bicyclic) bond motifs is 1. The van der Waals surface area contributed by atoms with Gasteiger partial charge in [0, 0.05) is 17.7 Å². The standard InChI is InChI=1S/C21H20N2O5/c1-2-27-14-9-7-13(8-10-14)22-19(25)17-11-12-18(24)23(17)20-15-5-3-4-6-16(15)21(26)28-20/h3-10,17,20H,2,11-12H2,1H3,(H,22,25)/t17-,20-/m1/s1. The van der Waals surface area contributed by atoms with Gasteiger partial charge in [0.25, 0.3) is 0 Å². The number of benzene rings is 2. The zero-order valence-electron chi connectivity index (χ0n) is 15.4. The summed E-state index contributed by atoms with van der Waals surface area (Å²) < 4.78 is 10.8. The summed E-state index contributed by atoms with van der Waals surface area (Å²) in [6.45, 7) is 2.46. The number of ether oxygens (including phenoxy) is 2. The molecule has 2 aromatic carbocycles. The molecule has 4 rings (SSSR count). The molecule has 7 nitrogen and oxygen atoms in total. The third kappa shape index (κ3) is 3.19. The van der Waals surface area contributed by atoms with Gasteiger partial charge in [0.05, 0.1) is 12.2 Å². The minimum Gasteiger partial charge on any atom is -0.494 e. The Kier molecular flexibility index (Phi) is 4.73. The van der Waals surface area contributed by atoms with Gasteiger partial charge in [0.2, 0.25) is 18.0 Å². The largest absolute Gasteiger partial charge is 0.494 e. The molecule has 7 heteroatoms. The maximum Gasteiger partial charge on any atom is 0.340 e. The van der Waals surface area contributed by atoms with Crippen LogP contribution >= 0.6 is 0 Å². The molecule has 28 heavy (non-hydrogen) atoms.